The second-order valence-corrected chi connectivity index (χ2v) is 7.06. The predicted octanol–water partition coefficient (Wildman–Crippen LogP) is 1.51. The van der Waals surface area contributed by atoms with E-state index in [1.807, 2.05) is 0 Å². The third-order valence-corrected chi connectivity index (χ3v) is 4.40. The lowest BCUT2D eigenvalue weighted by Gasteiger charge is -2.21. The summed E-state index contributed by atoms with van der Waals surface area (Å²) in [5.41, 5.74) is -0.377. The van der Waals surface area contributed by atoms with E-state index in [2.05, 4.69) is 25.3 Å². The number of nitrogens with zero attached hydrogens (tertiary/aromatic N) is 4. The molecule has 0 aliphatic carbocycles. The Balaban J connectivity index is 1.92. The Hall–Kier alpha value is -4.22. The molecule has 3 N–H and O–H groups in total. The molecule has 12 heteroatoms. The van der Waals surface area contributed by atoms with E-state index in [4.69, 9.17) is 5.11 Å². The standard InChI is InChI=1S/C20H19FN6O5/c1-10(2)17(29)25-20-24-16-15(18(30)26-20)23-12(8-22-16)9-27(14(28)7-21)13-5-3-11(4-6-13)19(31)32/h3-6,8,10H,7,9H2,1-2H3,(H,31,32)(H2,22,24,25,26,29,30). The van der Waals surface area contributed by atoms with Crippen LogP contribution in [-0.2, 0) is 16.1 Å². The molecule has 0 bridgehead atoms. The van der Waals surface area contributed by atoms with E-state index in [-0.39, 0.29) is 52.4 Å². The maximum Gasteiger partial charge on any atom is 0.335 e. The topological polar surface area (TPSA) is 158 Å². The van der Waals surface area contributed by atoms with Gasteiger partial charge >= 0.3 is 5.97 Å². The largest absolute Gasteiger partial charge is 0.478 e. The molecule has 3 rings (SSSR count). The third-order valence-electron chi connectivity index (χ3n) is 4.40. The molecule has 1 aromatic carbocycles. The number of carboxylic acids is 1. The van der Waals surface area contributed by atoms with Crippen LogP contribution in [0.25, 0.3) is 11.2 Å². The summed E-state index contributed by atoms with van der Waals surface area (Å²) in [7, 11) is 0. The van der Waals surface area contributed by atoms with Crippen LogP contribution < -0.4 is 15.8 Å². The molecule has 2 heterocycles. The zero-order valence-corrected chi connectivity index (χ0v) is 17.1. The summed E-state index contributed by atoms with van der Waals surface area (Å²) in [4.78, 5) is 63.1. The molecule has 0 saturated heterocycles. The van der Waals surface area contributed by atoms with Gasteiger partial charge in [-0.3, -0.25) is 24.7 Å². The molecule has 2 aromatic heterocycles. The van der Waals surface area contributed by atoms with Crippen LogP contribution in [0.2, 0.25) is 0 Å². The van der Waals surface area contributed by atoms with Gasteiger partial charge in [0, 0.05) is 11.6 Å². The first kappa shape index (κ1) is 22.5. The van der Waals surface area contributed by atoms with Crippen molar-refractivity contribution in [3.63, 3.8) is 0 Å². The number of carbonyl (C=O) groups excluding carboxylic acids is 2. The van der Waals surface area contributed by atoms with Crippen molar-refractivity contribution in [1.29, 1.82) is 0 Å². The number of fused-ring (bicyclic) bond motifs is 1. The number of carboxylic acid groups (broad SMARTS) is 1. The van der Waals surface area contributed by atoms with Crippen molar-refractivity contribution in [3.05, 3.63) is 52.1 Å². The molecule has 0 radical (unpaired) electrons. The first-order chi connectivity index (χ1) is 15.2. The molecular formula is C20H19FN6O5. The summed E-state index contributed by atoms with van der Waals surface area (Å²) in [6.45, 7) is 1.85. The van der Waals surface area contributed by atoms with E-state index < -0.39 is 24.1 Å². The van der Waals surface area contributed by atoms with Crippen molar-refractivity contribution in [1.82, 2.24) is 19.9 Å². The molecule has 0 aliphatic heterocycles. The number of nitrogens with one attached hydrogen (secondary N) is 2. The number of alkyl halides is 1. The van der Waals surface area contributed by atoms with Crippen LogP contribution in [0.3, 0.4) is 0 Å². The van der Waals surface area contributed by atoms with Crippen LogP contribution in [0.5, 0.6) is 0 Å². The van der Waals surface area contributed by atoms with Crippen molar-refractivity contribution >= 4 is 40.6 Å². The zero-order chi connectivity index (χ0) is 23.4. The number of rotatable bonds is 7. The van der Waals surface area contributed by atoms with Crippen molar-refractivity contribution in [3.8, 4) is 0 Å². The van der Waals surface area contributed by atoms with Crippen LogP contribution in [0.4, 0.5) is 16.0 Å². The summed E-state index contributed by atoms with van der Waals surface area (Å²) in [5.74, 6) is -2.76. The molecule has 11 nitrogen and oxygen atoms in total. The van der Waals surface area contributed by atoms with Gasteiger partial charge in [-0.1, -0.05) is 13.8 Å². The number of anilines is 2. The van der Waals surface area contributed by atoms with Crippen molar-refractivity contribution in [2.24, 2.45) is 5.92 Å². The summed E-state index contributed by atoms with van der Waals surface area (Å²) >= 11 is 0. The number of halogens is 1. The fourth-order valence-electron chi connectivity index (χ4n) is 2.69. The van der Waals surface area contributed by atoms with Crippen molar-refractivity contribution in [2.75, 3.05) is 16.9 Å². The predicted molar refractivity (Wildman–Crippen MR) is 112 cm³/mol. The number of aromatic carboxylic acids is 1. The highest BCUT2D eigenvalue weighted by Gasteiger charge is 2.19. The maximum absolute atomic E-state index is 13.1. The molecule has 0 spiro atoms. The molecule has 3 aromatic rings. The Bertz CT molecular complexity index is 1240. The Kier molecular flexibility index (Phi) is 6.52. The fourth-order valence-corrected chi connectivity index (χ4v) is 2.69. The molecule has 0 fully saturated rings. The SMILES string of the molecule is CC(C)C(=O)Nc1nc2ncc(CN(C(=O)CF)c3ccc(C(=O)O)cc3)nc2c(=O)[nH]1. The van der Waals surface area contributed by atoms with Crippen molar-refractivity contribution < 1.29 is 23.9 Å². The molecule has 2 amide bonds. The Labute approximate surface area is 180 Å². The molecule has 0 aliphatic rings. The number of carbonyl (C=O) groups is 3. The highest BCUT2D eigenvalue weighted by molar-refractivity contribution is 5.95. The number of hydrogen-bond acceptors (Lipinski definition) is 7. The van der Waals surface area contributed by atoms with E-state index in [1.54, 1.807) is 13.8 Å². The average Bonchev–Trinajstić information content (AvgIpc) is 2.77. The molecular weight excluding hydrogens is 423 g/mol. The van der Waals surface area contributed by atoms with Crippen LogP contribution in [0.1, 0.15) is 29.9 Å². The fraction of sp³-hybridized carbons (Fsp3) is 0.250. The number of aromatic amines is 1. The minimum Gasteiger partial charge on any atom is -0.478 e. The first-order valence-corrected chi connectivity index (χ1v) is 9.46. The Morgan fingerprint density at radius 2 is 1.88 bits per heavy atom. The number of hydrogen-bond donors (Lipinski definition) is 3. The number of benzene rings is 1. The quantitative estimate of drug-likeness (QED) is 0.497. The lowest BCUT2D eigenvalue weighted by Crippen LogP contribution is -2.32. The number of amides is 2. The van der Waals surface area contributed by atoms with Gasteiger partial charge in [0.1, 0.15) is 0 Å². The third kappa shape index (κ3) is 4.91. The molecule has 0 saturated carbocycles. The highest BCUT2D eigenvalue weighted by Crippen LogP contribution is 2.19. The van der Waals surface area contributed by atoms with Gasteiger partial charge in [-0.15, -0.1) is 0 Å². The van der Waals surface area contributed by atoms with E-state index >= 15 is 0 Å². The monoisotopic (exact) mass is 442 g/mol. The van der Waals surface area contributed by atoms with Gasteiger partial charge in [-0.2, -0.15) is 4.98 Å². The normalized spacial score (nSPS) is 10.9. The molecule has 166 valence electrons. The van der Waals surface area contributed by atoms with Gasteiger partial charge in [-0.05, 0) is 24.3 Å². The van der Waals surface area contributed by atoms with Crippen LogP contribution in [-0.4, -0.2) is 49.5 Å². The number of aromatic nitrogens is 4. The second-order valence-electron chi connectivity index (χ2n) is 7.06. The summed E-state index contributed by atoms with van der Waals surface area (Å²) in [6, 6.07) is 5.29. The smallest absolute Gasteiger partial charge is 0.335 e. The zero-order valence-electron chi connectivity index (χ0n) is 17.1. The van der Waals surface area contributed by atoms with Crippen LogP contribution in [0, 0.1) is 5.92 Å². The molecule has 0 atom stereocenters. The lowest BCUT2D eigenvalue weighted by molar-refractivity contribution is -0.120. The van der Waals surface area contributed by atoms with Gasteiger partial charge in [0.15, 0.2) is 17.8 Å². The van der Waals surface area contributed by atoms with E-state index in [1.165, 1.54) is 30.5 Å². The van der Waals surface area contributed by atoms with Gasteiger partial charge in [0.2, 0.25) is 11.9 Å². The van der Waals surface area contributed by atoms with E-state index in [0.717, 1.165) is 4.90 Å². The van der Waals surface area contributed by atoms with Gasteiger partial charge in [0.05, 0.1) is 24.0 Å². The lowest BCUT2D eigenvalue weighted by atomic mass is 10.2. The van der Waals surface area contributed by atoms with Crippen molar-refractivity contribution in [2.45, 2.75) is 20.4 Å². The van der Waals surface area contributed by atoms with Crippen LogP contribution >= 0.6 is 0 Å². The average molecular weight is 442 g/mol. The Morgan fingerprint density at radius 1 is 1.19 bits per heavy atom. The van der Waals surface area contributed by atoms with Gasteiger partial charge in [-0.25, -0.2) is 19.2 Å². The minimum absolute atomic E-state index is 0.00450. The summed E-state index contributed by atoms with van der Waals surface area (Å²) in [6.07, 6.45) is 1.27. The highest BCUT2D eigenvalue weighted by atomic mass is 19.1. The maximum atomic E-state index is 13.1. The second kappa shape index (κ2) is 9.29. The summed E-state index contributed by atoms with van der Waals surface area (Å²) in [5, 5.41) is 11.5. The molecule has 32 heavy (non-hydrogen) atoms. The minimum atomic E-state index is -1.29. The van der Waals surface area contributed by atoms with Gasteiger partial charge < -0.3 is 10.0 Å². The van der Waals surface area contributed by atoms with E-state index in [9.17, 15) is 23.6 Å². The van der Waals surface area contributed by atoms with Gasteiger partial charge in [0.25, 0.3) is 11.5 Å². The Morgan fingerprint density at radius 3 is 2.47 bits per heavy atom. The van der Waals surface area contributed by atoms with E-state index in [0.29, 0.717) is 0 Å². The number of H-pyrrole nitrogens is 1. The summed E-state index contributed by atoms with van der Waals surface area (Å²) < 4.78 is 13.1. The van der Waals surface area contributed by atoms with Crippen LogP contribution in [0.15, 0.2) is 35.3 Å². The first-order valence-electron chi connectivity index (χ1n) is 9.46. The molecule has 0 unspecified atom stereocenters.